The molecule has 0 atom stereocenters. The minimum Gasteiger partial charge on any atom is -0.402 e. The number of nitrogens with two attached hydrogens (primary N) is 2. The maximum atomic E-state index is 10.8. The van der Waals surface area contributed by atoms with Crippen LogP contribution in [0.15, 0.2) is 11.3 Å². The highest BCUT2D eigenvalue weighted by Gasteiger charge is 2.09. The topological polar surface area (TPSA) is 98.2 Å². The summed E-state index contributed by atoms with van der Waals surface area (Å²) in [4.78, 5) is 21.4. The van der Waals surface area contributed by atoms with Crippen LogP contribution in [0.2, 0.25) is 0 Å². The third-order valence-corrected chi connectivity index (χ3v) is 1.58. The van der Waals surface area contributed by atoms with Gasteiger partial charge in [0.1, 0.15) is 0 Å². The molecule has 0 spiro atoms. The van der Waals surface area contributed by atoms with Gasteiger partial charge >= 0.3 is 0 Å². The van der Waals surface area contributed by atoms with Gasteiger partial charge in [-0.25, -0.2) is 0 Å². The second-order valence-corrected chi connectivity index (χ2v) is 2.63. The van der Waals surface area contributed by atoms with Crippen molar-refractivity contribution in [3.8, 4) is 0 Å². The Balaban J connectivity index is 4.45. The van der Waals surface area contributed by atoms with E-state index in [2.05, 4.69) is 5.32 Å². The minimum absolute atomic E-state index is 0.102. The quantitative estimate of drug-likeness (QED) is 0.501. The van der Waals surface area contributed by atoms with Crippen LogP contribution in [0.4, 0.5) is 0 Å². The van der Waals surface area contributed by atoms with Crippen LogP contribution >= 0.6 is 0 Å². The normalized spacial score (nSPS) is 11.8. The number of hydrogen-bond acceptors (Lipinski definition) is 3. The Morgan fingerprint density at radius 2 is 1.85 bits per heavy atom. The van der Waals surface area contributed by atoms with Gasteiger partial charge in [-0.1, -0.05) is 6.92 Å². The van der Waals surface area contributed by atoms with Gasteiger partial charge in [0.2, 0.25) is 11.8 Å². The molecule has 0 aromatic heterocycles. The Morgan fingerprint density at radius 1 is 1.31 bits per heavy atom. The van der Waals surface area contributed by atoms with Crippen molar-refractivity contribution in [3.63, 3.8) is 0 Å². The molecule has 0 heterocycles. The van der Waals surface area contributed by atoms with E-state index >= 15 is 0 Å². The third kappa shape index (κ3) is 4.15. The molecule has 74 valence electrons. The molecular weight excluding hydrogens is 170 g/mol. The average molecular weight is 185 g/mol. The van der Waals surface area contributed by atoms with Crippen molar-refractivity contribution in [2.24, 2.45) is 11.5 Å². The molecule has 0 aliphatic heterocycles. The smallest absolute Gasteiger partial charge is 0.248 e. The Morgan fingerprint density at radius 3 is 2.15 bits per heavy atom. The van der Waals surface area contributed by atoms with Crippen molar-refractivity contribution >= 4 is 11.8 Å². The first kappa shape index (κ1) is 11.5. The van der Waals surface area contributed by atoms with Gasteiger partial charge in [-0.05, 0) is 6.42 Å². The summed E-state index contributed by atoms with van der Waals surface area (Å²) >= 11 is 0. The van der Waals surface area contributed by atoms with Gasteiger partial charge in [0.15, 0.2) is 0 Å². The van der Waals surface area contributed by atoms with Crippen LogP contribution in [0, 0.1) is 0 Å². The lowest BCUT2D eigenvalue weighted by atomic mass is 10.1. The van der Waals surface area contributed by atoms with Gasteiger partial charge in [0.25, 0.3) is 0 Å². The zero-order valence-electron chi connectivity index (χ0n) is 7.89. The van der Waals surface area contributed by atoms with E-state index in [0.717, 1.165) is 0 Å². The predicted octanol–water partition coefficient (Wildman–Crippen LogP) is -0.769. The van der Waals surface area contributed by atoms with E-state index < -0.39 is 5.91 Å². The summed E-state index contributed by atoms with van der Waals surface area (Å²) in [5, 5.41) is 2.46. The molecule has 0 bridgehead atoms. The van der Waals surface area contributed by atoms with E-state index in [-0.39, 0.29) is 18.0 Å². The summed E-state index contributed by atoms with van der Waals surface area (Å²) in [5.41, 5.74) is 11.3. The van der Waals surface area contributed by atoms with Crippen molar-refractivity contribution in [1.82, 2.24) is 5.32 Å². The molecule has 0 unspecified atom stereocenters. The highest BCUT2D eigenvalue weighted by molar-refractivity contribution is 5.93. The van der Waals surface area contributed by atoms with Crippen LogP contribution in [0.25, 0.3) is 0 Å². The predicted molar refractivity (Wildman–Crippen MR) is 49.4 cm³/mol. The summed E-state index contributed by atoms with van der Waals surface area (Å²) < 4.78 is 0. The Bertz CT molecular complexity index is 246. The van der Waals surface area contributed by atoms with Crippen LogP contribution in [-0.4, -0.2) is 18.4 Å². The van der Waals surface area contributed by atoms with E-state index in [1.165, 1.54) is 6.92 Å². The van der Waals surface area contributed by atoms with Crippen LogP contribution < -0.4 is 16.8 Å². The van der Waals surface area contributed by atoms with Gasteiger partial charge in [0, 0.05) is 19.2 Å². The molecule has 5 N–H and O–H groups in total. The standard InChI is InChI=1S/C8H15N3O2/c1-3-7(9)6(8(10)13)4-11-5(2)12/h3-4,9H2,1-2H3,(H2,10,13)(H,11,12)/b7-6-. The molecule has 0 fully saturated rings. The molecule has 0 aromatic rings. The van der Waals surface area contributed by atoms with Crippen molar-refractivity contribution in [2.75, 3.05) is 6.54 Å². The number of primary amides is 1. The molecule has 2 amide bonds. The van der Waals surface area contributed by atoms with Crippen molar-refractivity contribution in [3.05, 3.63) is 11.3 Å². The average Bonchev–Trinajstić information content (AvgIpc) is 2.03. The number of amides is 2. The molecule has 5 nitrogen and oxygen atoms in total. The molecule has 5 heteroatoms. The number of hydrogen-bond donors (Lipinski definition) is 3. The highest BCUT2D eigenvalue weighted by Crippen LogP contribution is 2.00. The molecule has 0 saturated carbocycles. The molecule has 0 aliphatic carbocycles. The Hall–Kier alpha value is -1.52. The second-order valence-electron chi connectivity index (χ2n) is 2.63. The first-order valence-electron chi connectivity index (χ1n) is 4.00. The van der Waals surface area contributed by atoms with Crippen LogP contribution in [0.5, 0.6) is 0 Å². The summed E-state index contributed by atoms with van der Waals surface area (Å²) in [6.07, 6.45) is 0.540. The van der Waals surface area contributed by atoms with Gasteiger partial charge < -0.3 is 16.8 Å². The van der Waals surface area contributed by atoms with Gasteiger partial charge in [-0.15, -0.1) is 0 Å². The zero-order chi connectivity index (χ0) is 10.4. The Labute approximate surface area is 77.2 Å². The number of carbonyl (C=O) groups excluding carboxylic acids is 2. The molecular formula is C8H15N3O2. The molecule has 0 saturated heterocycles. The van der Waals surface area contributed by atoms with E-state index in [1.807, 2.05) is 6.92 Å². The third-order valence-electron chi connectivity index (χ3n) is 1.58. The summed E-state index contributed by atoms with van der Waals surface area (Å²) in [6, 6.07) is 0. The van der Waals surface area contributed by atoms with Gasteiger partial charge in [-0.3, -0.25) is 9.59 Å². The lowest BCUT2D eigenvalue weighted by molar-refractivity contribution is -0.118. The fraction of sp³-hybridized carbons (Fsp3) is 0.500. The highest BCUT2D eigenvalue weighted by atomic mass is 16.2. The number of carbonyl (C=O) groups is 2. The van der Waals surface area contributed by atoms with Gasteiger partial charge in [-0.2, -0.15) is 0 Å². The SMILES string of the molecule is CC/C(N)=C(\CNC(C)=O)C(N)=O. The molecule has 0 radical (unpaired) electrons. The lowest BCUT2D eigenvalue weighted by Gasteiger charge is -2.07. The number of nitrogens with one attached hydrogen (secondary N) is 1. The van der Waals surface area contributed by atoms with E-state index in [4.69, 9.17) is 11.5 Å². The molecule has 0 aliphatic rings. The van der Waals surface area contributed by atoms with E-state index in [9.17, 15) is 9.59 Å². The van der Waals surface area contributed by atoms with Crippen LogP contribution in [0.3, 0.4) is 0 Å². The van der Waals surface area contributed by atoms with Crippen molar-refractivity contribution in [1.29, 1.82) is 0 Å². The van der Waals surface area contributed by atoms with Gasteiger partial charge in [0.05, 0.1) is 5.57 Å². The largest absolute Gasteiger partial charge is 0.402 e. The maximum Gasteiger partial charge on any atom is 0.248 e. The summed E-state index contributed by atoms with van der Waals surface area (Å²) in [6.45, 7) is 3.27. The maximum absolute atomic E-state index is 10.8. The zero-order valence-corrected chi connectivity index (χ0v) is 7.89. The number of allylic oxidation sites excluding steroid dienone is 1. The second kappa shape index (κ2) is 5.18. The number of rotatable bonds is 4. The lowest BCUT2D eigenvalue weighted by Crippen LogP contribution is -2.30. The van der Waals surface area contributed by atoms with Crippen LogP contribution in [0.1, 0.15) is 20.3 Å². The molecule has 13 heavy (non-hydrogen) atoms. The summed E-state index contributed by atoms with van der Waals surface area (Å²) in [7, 11) is 0. The van der Waals surface area contributed by atoms with Crippen LogP contribution in [-0.2, 0) is 9.59 Å². The van der Waals surface area contributed by atoms with Crippen molar-refractivity contribution < 1.29 is 9.59 Å². The summed E-state index contributed by atoms with van der Waals surface area (Å²) in [5.74, 6) is -0.809. The first-order valence-corrected chi connectivity index (χ1v) is 4.00. The van der Waals surface area contributed by atoms with E-state index in [1.54, 1.807) is 0 Å². The molecule has 0 rings (SSSR count). The first-order chi connectivity index (χ1) is 5.99. The fourth-order valence-electron chi connectivity index (χ4n) is 0.785. The Kier molecular flexibility index (Phi) is 4.58. The fourth-order valence-corrected chi connectivity index (χ4v) is 0.785. The van der Waals surface area contributed by atoms with Crippen molar-refractivity contribution in [2.45, 2.75) is 20.3 Å². The molecule has 0 aromatic carbocycles. The monoisotopic (exact) mass is 185 g/mol. The minimum atomic E-state index is -0.590. The van der Waals surface area contributed by atoms with E-state index in [0.29, 0.717) is 12.1 Å².